The Morgan fingerprint density at radius 1 is 1.03 bits per heavy atom. The number of hydrogen-bond donors (Lipinski definition) is 1. The Morgan fingerprint density at radius 3 is 2.50 bits per heavy atom. The van der Waals surface area contributed by atoms with Gasteiger partial charge in [0, 0.05) is 18.0 Å². The van der Waals surface area contributed by atoms with Crippen LogP contribution in [0.2, 0.25) is 0 Å². The highest BCUT2D eigenvalue weighted by Crippen LogP contribution is 2.33. The van der Waals surface area contributed by atoms with Gasteiger partial charge in [0.2, 0.25) is 5.91 Å². The van der Waals surface area contributed by atoms with Crippen LogP contribution in [-0.2, 0) is 11.2 Å². The predicted molar refractivity (Wildman–Crippen MR) is 114 cm³/mol. The quantitative estimate of drug-likeness (QED) is 0.581. The molecule has 0 aliphatic carbocycles. The lowest BCUT2D eigenvalue weighted by atomic mass is 10.1. The van der Waals surface area contributed by atoms with E-state index in [0.29, 0.717) is 28.6 Å². The number of nitrogens with zero attached hydrogens (tertiary/aromatic N) is 2. The summed E-state index contributed by atoms with van der Waals surface area (Å²) >= 11 is 0. The fourth-order valence-electron chi connectivity index (χ4n) is 2.80. The second-order valence-electron chi connectivity index (χ2n) is 6.19. The normalized spacial score (nSPS) is 10.0. The number of carbonyl (C=O) groups is 1. The van der Waals surface area contributed by atoms with E-state index in [-0.39, 0.29) is 18.9 Å². The van der Waals surface area contributed by atoms with E-state index < -0.39 is 0 Å². The lowest BCUT2D eigenvalue weighted by molar-refractivity contribution is -0.115. The monoisotopic (exact) mass is 403 g/mol. The molecule has 0 saturated heterocycles. The first-order chi connectivity index (χ1) is 14.6. The van der Waals surface area contributed by atoms with E-state index in [1.165, 1.54) is 13.3 Å². The van der Waals surface area contributed by atoms with Crippen LogP contribution >= 0.6 is 0 Å². The van der Waals surface area contributed by atoms with Gasteiger partial charge >= 0.3 is 0 Å². The average molecular weight is 403 g/mol. The molecule has 7 nitrogen and oxygen atoms in total. The average Bonchev–Trinajstić information content (AvgIpc) is 2.78. The van der Waals surface area contributed by atoms with Gasteiger partial charge in [0.1, 0.15) is 18.1 Å². The highest BCUT2D eigenvalue weighted by molar-refractivity contribution is 5.94. The van der Waals surface area contributed by atoms with E-state index in [1.807, 2.05) is 24.3 Å². The van der Waals surface area contributed by atoms with Crippen molar-refractivity contribution in [2.75, 3.05) is 26.1 Å². The van der Waals surface area contributed by atoms with Gasteiger partial charge in [-0.25, -0.2) is 4.98 Å². The molecule has 1 aromatic heterocycles. The lowest BCUT2D eigenvalue weighted by Gasteiger charge is -2.13. The van der Waals surface area contributed by atoms with Crippen molar-refractivity contribution in [2.24, 2.45) is 0 Å². The minimum absolute atomic E-state index is 0.132. The molecule has 0 unspecified atom stereocenters. The van der Waals surface area contributed by atoms with Crippen molar-refractivity contribution in [1.29, 1.82) is 0 Å². The molecule has 1 heterocycles. The number of anilines is 1. The number of aromatic nitrogens is 2. The maximum absolute atomic E-state index is 12.5. The molecule has 0 aliphatic rings. The van der Waals surface area contributed by atoms with Gasteiger partial charge in [0.05, 0.1) is 20.6 Å². The van der Waals surface area contributed by atoms with Crippen LogP contribution < -0.4 is 19.5 Å². The minimum atomic E-state index is -0.206. The lowest BCUT2D eigenvalue weighted by Crippen LogP contribution is -2.16. The first kappa shape index (κ1) is 20.7. The van der Waals surface area contributed by atoms with Crippen LogP contribution in [0, 0.1) is 12.3 Å². The number of benzene rings is 2. The summed E-state index contributed by atoms with van der Waals surface area (Å²) in [5.74, 6) is 4.33. The van der Waals surface area contributed by atoms with E-state index in [4.69, 9.17) is 20.6 Å². The maximum Gasteiger partial charge on any atom is 0.230 e. The second kappa shape index (κ2) is 9.94. The fourth-order valence-corrected chi connectivity index (χ4v) is 2.80. The summed E-state index contributed by atoms with van der Waals surface area (Å²) in [4.78, 5) is 21.2. The van der Waals surface area contributed by atoms with Crippen molar-refractivity contribution in [1.82, 2.24) is 9.97 Å². The molecular formula is C23H21N3O4. The Kier molecular flexibility index (Phi) is 6.85. The SMILES string of the molecule is C#CCOc1ccc(-c2nccnc2NC(=O)Cc2ccc(OC)cc2)cc1OC. The van der Waals surface area contributed by atoms with Crippen LogP contribution in [0.25, 0.3) is 11.3 Å². The molecule has 7 heteroatoms. The summed E-state index contributed by atoms with van der Waals surface area (Å²) in [7, 11) is 3.14. The molecule has 2 aromatic carbocycles. The van der Waals surface area contributed by atoms with Crippen LogP contribution in [0.3, 0.4) is 0 Å². The van der Waals surface area contributed by atoms with Crippen molar-refractivity contribution in [2.45, 2.75) is 6.42 Å². The number of terminal acetylenes is 1. The van der Waals surface area contributed by atoms with E-state index >= 15 is 0 Å². The number of amides is 1. The van der Waals surface area contributed by atoms with Gasteiger partial charge in [-0.2, -0.15) is 0 Å². The molecule has 0 atom stereocenters. The van der Waals surface area contributed by atoms with Crippen molar-refractivity contribution >= 4 is 11.7 Å². The smallest absolute Gasteiger partial charge is 0.230 e. The van der Waals surface area contributed by atoms with E-state index in [1.54, 1.807) is 31.5 Å². The number of methoxy groups -OCH3 is 2. The standard InChI is InChI=1S/C23H21N3O4/c1-4-13-30-19-10-7-17(15-20(19)29-3)22-23(25-12-11-24-22)26-21(27)14-16-5-8-18(28-2)9-6-16/h1,5-12,15H,13-14H2,2-3H3,(H,25,26,27). The van der Waals surface area contributed by atoms with E-state index in [2.05, 4.69) is 21.2 Å². The predicted octanol–water partition coefficient (Wildman–Crippen LogP) is 3.35. The molecule has 0 saturated carbocycles. The van der Waals surface area contributed by atoms with Crippen LogP contribution in [0.5, 0.6) is 17.2 Å². The van der Waals surface area contributed by atoms with Gasteiger partial charge < -0.3 is 19.5 Å². The number of hydrogen-bond acceptors (Lipinski definition) is 6. The Bertz CT molecular complexity index is 1060. The Balaban J connectivity index is 1.80. The minimum Gasteiger partial charge on any atom is -0.497 e. The zero-order valence-electron chi connectivity index (χ0n) is 16.7. The summed E-state index contributed by atoms with van der Waals surface area (Å²) < 4.78 is 16.0. The number of carbonyl (C=O) groups excluding carboxylic acids is 1. The Labute approximate surface area is 175 Å². The van der Waals surface area contributed by atoms with E-state index in [9.17, 15) is 4.79 Å². The third-order valence-electron chi connectivity index (χ3n) is 4.23. The molecule has 0 spiro atoms. The molecule has 1 amide bonds. The molecular weight excluding hydrogens is 382 g/mol. The third kappa shape index (κ3) is 5.06. The van der Waals surface area contributed by atoms with Crippen molar-refractivity contribution in [3.8, 4) is 40.8 Å². The molecule has 0 aliphatic heterocycles. The Hall–Kier alpha value is -4.05. The zero-order chi connectivity index (χ0) is 21.3. The van der Waals surface area contributed by atoms with Crippen molar-refractivity contribution in [3.05, 3.63) is 60.4 Å². The van der Waals surface area contributed by atoms with Gasteiger partial charge in [0.15, 0.2) is 17.3 Å². The van der Waals surface area contributed by atoms with Gasteiger partial charge in [-0.05, 0) is 35.9 Å². The number of nitrogens with one attached hydrogen (secondary N) is 1. The van der Waals surface area contributed by atoms with Crippen LogP contribution in [0.1, 0.15) is 5.56 Å². The highest BCUT2D eigenvalue weighted by Gasteiger charge is 2.14. The zero-order valence-corrected chi connectivity index (χ0v) is 16.7. The largest absolute Gasteiger partial charge is 0.497 e. The first-order valence-electron chi connectivity index (χ1n) is 9.13. The second-order valence-corrected chi connectivity index (χ2v) is 6.19. The maximum atomic E-state index is 12.5. The molecule has 30 heavy (non-hydrogen) atoms. The molecule has 0 fully saturated rings. The van der Waals surface area contributed by atoms with Gasteiger partial charge in [-0.15, -0.1) is 6.42 Å². The first-order valence-corrected chi connectivity index (χ1v) is 9.13. The highest BCUT2D eigenvalue weighted by atomic mass is 16.5. The van der Waals surface area contributed by atoms with Crippen molar-refractivity contribution < 1.29 is 19.0 Å². The van der Waals surface area contributed by atoms with Crippen molar-refractivity contribution in [3.63, 3.8) is 0 Å². The van der Waals surface area contributed by atoms with Gasteiger partial charge in [0.25, 0.3) is 0 Å². The molecule has 1 N–H and O–H groups in total. The third-order valence-corrected chi connectivity index (χ3v) is 4.23. The Morgan fingerprint density at radius 2 is 1.80 bits per heavy atom. The molecule has 3 aromatic rings. The van der Waals surface area contributed by atoms with Gasteiger partial charge in [-0.1, -0.05) is 18.1 Å². The molecule has 3 rings (SSSR count). The fraction of sp³-hybridized carbons (Fsp3) is 0.174. The summed E-state index contributed by atoms with van der Waals surface area (Å²) in [5.41, 5.74) is 2.09. The number of ether oxygens (including phenoxy) is 3. The topological polar surface area (TPSA) is 82.6 Å². The molecule has 0 radical (unpaired) electrons. The summed E-state index contributed by atoms with van der Waals surface area (Å²) in [6.07, 6.45) is 8.52. The van der Waals surface area contributed by atoms with E-state index in [0.717, 1.165) is 11.3 Å². The summed E-state index contributed by atoms with van der Waals surface area (Å²) in [6, 6.07) is 12.6. The van der Waals surface area contributed by atoms with Crippen LogP contribution in [0.15, 0.2) is 54.9 Å². The van der Waals surface area contributed by atoms with Crippen LogP contribution in [0.4, 0.5) is 5.82 Å². The molecule has 152 valence electrons. The van der Waals surface area contributed by atoms with Gasteiger partial charge in [-0.3, -0.25) is 9.78 Å². The summed E-state index contributed by atoms with van der Waals surface area (Å²) in [6.45, 7) is 0.132. The molecule has 0 bridgehead atoms. The van der Waals surface area contributed by atoms with Crippen LogP contribution in [-0.4, -0.2) is 36.7 Å². The summed E-state index contributed by atoms with van der Waals surface area (Å²) in [5, 5.41) is 2.83. The number of rotatable bonds is 8.